The topological polar surface area (TPSA) is 51.8 Å². The second kappa shape index (κ2) is 7.74. The van der Waals surface area contributed by atoms with Crippen molar-refractivity contribution in [1.82, 2.24) is 10.2 Å². The number of aryl methyl sites for hydroxylation is 1. The zero-order valence-corrected chi connectivity index (χ0v) is 12.8. The van der Waals surface area contributed by atoms with E-state index in [4.69, 9.17) is 5.73 Å². The van der Waals surface area contributed by atoms with Crippen molar-refractivity contribution >= 4 is 11.8 Å². The maximum Gasteiger partial charge on any atom is 0.124 e. The van der Waals surface area contributed by atoms with Gasteiger partial charge in [0.15, 0.2) is 0 Å². The van der Waals surface area contributed by atoms with Crippen molar-refractivity contribution in [1.29, 1.82) is 0 Å². The Bertz CT molecular complexity index is 380. The summed E-state index contributed by atoms with van der Waals surface area (Å²) in [7, 11) is 0. The highest BCUT2D eigenvalue weighted by molar-refractivity contribution is 7.99. The first-order valence-corrected chi connectivity index (χ1v) is 7.86. The fraction of sp³-hybridized carbons (Fsp3) is 0.714. The van der Waals surface area contributed by atoms with Crippen molar-refractivity contribution in [3.8, 4) is 0 Å². The van der Waals surface area contributed by atoms with Gasteiger partial charge < -0.3 is 5.73 Å². The third-order valence-corrected chi connectivity index (χ3v) is 4.66. The Kier molecular flexibility index (Phi) is 6.65. The molecule has 1 atom stereocenters. The summed E-state index contributed by atoms with van der Waals surface area (Å²) in [5, 5.41) is 9.76. The van der Waals surface area contributed by atoms with Crippen LogP contribution in [0.4, 0.5) is 0 Å². The summed E-state index contributed by atoms with van der Waals surface area (Å²) in [4.78, 5) is 0. The number of hydrogen-bond acceptors (Lipinski definition) is 4. The molecule has 102 valence electrons. The molecule has 0 bridgehead atoms. The van der Waals surface area contributed by atoms with Crippen LogP contribution in [-0.4, -0.2) is 16.0 Å². The summed E-state index contributed by atoms with van der Waals surface area (Å²) in [6.07, 6.45) is 3.12. The van der Waals surface area contributed by atoms with E-state index in [1.807, 2.05) is 0 Å². The van der Waals surface area contributed by atoms with E-state index in [2.05, 4.69) is 37.9 Å². The molecule has 0 spiro atoms. The fourth-order valence-corrected chi connectivity index (χ4v) is 3.05. The first-order chi connectivity index (χ1) is 8.67. The number of hydrogen-bond donors (Lipinski definition) is 1. The molecule has 18 heavy (non-hydrogen) atoms. The lowest BCUT2D eigenvalue weighted by Crippen LogP contribution is -2.11. The smallest absolute Gasteiger partial charge is 0.124 e. The van der Waals surface area contributed by atoms with E-state index in [1.165, 1.54) is 17.5 Å². The predicted molar refractivity (Wildman–Crippen MR) is 78.9 cm³/mol. The molecule has 0 saturated carbocycles. The number of nitrogens with zero attached hydrogens (tertiary/aromatic N) is 2. The average molecular weight is 267 g/mol. The molecule has 0 aliphatic heterocycles. The van der Waals surface area contributed by atoms with E-state index < -0.39 is 0 Å². The van der Waals surface area contributed by atoms with Gasteiger partial charge in [-0.05, 0) is 24.3 Å². The monoisotopic (exact) mass is 267 g/mol. The Morgan fingerprint density at radius 1 is 1.11 bits per heavy atom. The molecule has 1 rings (SSSR count). The second-order valence-corrected chi connectivity index (χ2v) is 5.65. The Hall–Kier alpha value is -0.610. The molecule has 1 unspecified atom stereocenters. The minimum Gasteiger partial charge on any atom is -0.326 e. The number of rotatable bonds is 7. The zero-order chi connectivity index (χ0) is 13.5. The van der Waals surface area contributed by atoms with Gasteiger partial charge in [-0.2, -0.15) is 5.10 Å². The molecule has 2 N–H and O–H groups in total. The van der Waals surface area contributed by atoms with Gasteiger partial charge in [-0.3, -0.25) is 0 Å². The summed E-state index contributed by atoms with van der Waals surface area (Å²) in [6.45, 7) is 9.34. The van der Waals surface area contributed by atoms with Crippen LogP contribution >= 0.6 is 11.8 Å². The molecule has 0 aliphatic carbocycles. The predicted octanol–water partition coefficient (Wildman–Crippen LogP) is 3.20. The highest BCUT2D eigenvalue weighted by Gasteiger charge is 2.14. The van der Waals surface area contributed by atoms with E-state index in [-0.39, 0.29) is 0 Å². The molecular weight excluding hydrogens is 242 g/mol. The Morgan fingerprint density at radius 3 is 2.33 bits per heavy atom. The summed E-state index contributed by atoms with van der Waals surface area (Å²) < 4.78 is 0. The SMILES string of the molecule is CCc1nnc(SCC(C)CC)c(CN)c1CC. The lowest BCUT2D eigenvalue weighted by Gasteiger charge is -2.14. The van der Waals surface area contributed by atoms with Crippen molar-refractivity contribution in [2.75, 3.05) is 5.75 Å². The van der Waals surface area contributed by atoms with Gasteiger partial charge >= 0.3 is 0 Å². The fourth-order valence-electron chi connectivity index (χ4n) is 1.90. The zero-order valence-electron chi connectivity index (χ0n) is 12.0. The van der Waals surface area contributed by atoms with Crippen LogP contribution in [0.3, 0.4) is 0 Å². The van der Waals surface area contributed by atoms with Gasteiger partial charge in [0.05, 0.1) is 5.69 Å². The van der Waals surface area contributed by atoms with Gasteiger partial charge in [-0.1, -0.05) is 34.1 Å². The molecule has 0 fully saturated rings. The molecule has 0 amide bonds. The van der Waals surface area contributed by atoms with E-state index in [9.17, 15) is 0 Å². The highest BCUT2D eigenvalue weighted by atomic mass is 32.2. The van der Waals surface area contributed by atoms with E-state index >= 15 is 0 Å². The lowest BCUT2D eigenvalue weighted by molar-refractivity contribution is 0.635. The van der Waals surface area contributed by atoms with Gasteiger partial charge in [0.25, 0.3) is 0 Å². The van der Waals surface area contributed by atoms with Crippen LogP contribution < -0.4 is 5.73 Å². The van der Waals surface area contributed by atoms with Crippen molar-refractivity contribution in [3.05, 3.63) is 16.8 Å². The molecule has 0 aromatic carbocycles. The summed E-state index contributed by atoms with van der Waals surface area (Å²) in [6, 6.07) is 0. The molecule has 0 aliphatic rings. The largest absolute Gasteiger partial charge is 0.326 e. The maximum atomic E-state index is 5.91. The van der Waals surface area contributed by atoms with Gasteiger partial charge in [-0.15, -0.1) is 16.9 Å². The van der Waals surface area contributed by atoms with E-state index in [1.54, 1.807) is 11.8 Å². The molecule has 1 heterocycles. The standard InChI is InChI=1S/C14H25N3S/c1-5-10(4)9-18-14-12(8-15)11(6-2)13(7-3)16-17-14/h10H,5-9,15H2,1-4H3. The molecule has 0 saturated heterocycles. The van der Waals surface area contributed by atoms with Gasteiger partial charge in [0, 0.05) is 17.9 Å². The number of aromatic nitrogens is 2. The highest BCUT2D eigenvalue weighted by Crippen LogP contribution is 2.26. The Labute approximate surface area is 115 Å². The van der Waals surface area contributed by atoms with Crippen LogP contribution in [0, 0.1) is 5.92 Å². The quantitative estimate of drug-likeness (QED) is 0.771. The van der Waals surface area contributed by atoms with Crippen molar-refractivity contribution < 1.29 is 0 Å². The number of thioether (sulfide) groups is 1. The second-order valence-electron chi connectivity index (χ2n) is 4.64. The van der Waals surface area contributed by atoms with Crippen molar-refractivity contribution in [2.45, 2.75) is 58.5 Å². The molecular formula is C14H25N3S. The van der Waals surface area contributed by atoms with Crippen LogP contribution in [0.2, 0.25) is 0 Å². The van der Waals surface area contributed by atoms with Gasteiger partial charge in [0.1, 0.15) is 5.03 Å². The van der Waals surface area contributed by atoms with Crippen LogP contribution in [0.25, 0.3) is 0 Å². The first kappa shape index (κ1) is 15.4. The van der Waals surface area contributed by atoms with Crippen molar-refractivity contribution in [3.63, 3.8) is 0 Å². The molecule has 3 nitrogen and oxygen atoms in total. The molecule has 1 aromatic rings. The number of nitrogens with two attached hydrogens (primary N) is 1. The van der Waals surface area contributed by atoms with Crippen LogP contribution in [0.5, 0.6) is 0 Å². The van der Waals surface area contributed by atoms with Crippen LogP contribution in [0.15, 0.2) is 5.03 Å². The van der Waals surface area contributed by atoms with E-state index in [0.717, 1.165) is 29.3 Å². The third-order valence-electron chi connectivity index (χ3n) is 3.33. The minimum absolute atomic E-state index is 0.564. The lowest BCUT2D eigenvalue weighted by atomic mass is 10.0. The first-order valence-electron chi connectivity index (χ1n) is 6.87. The maximum absolute atomic E-state index is 5.91. The van der Waals surface area contributed by atoms with Crippen LogP contribution in [0.1, 0.15) is 50.9 Å². The average Bonchev–Trinajstić information content (AvgIpc) is 2.43. The van der Waals surface area contributed by atoms with Gasteiger partial charge in [-0.25, -0.2) is 0 Å². The molecule has 0 radical (unpaired) electrons. The Balaban J connectivity index is 2.97. The van der Waals surface area contributed by atoms with Crippen molar-refractivity contribution in [2.24, 2.45) is 11.7 Å². The Morgan fingerprint density at radius 2 is 1.83 bits per heavy atom. The third kappa shape index (κ3) is 3.69. The summed E-state index contributed by atoms with van der Waals surface area (Å²) >= 11 is 1.80. The molecule has 4 heteroatoms. The summed E-state index contributed by atoms with van der Waals surface area (Å²) in [5.41, 5.74) is 9.52. The van der Waals surface area contributed by atoms with Crippen LogP contribution in [-0.2, 0) is 19.4 Å². The minimum atomic E-state index is 0.564. The van der Waals surface area contributed by atoms with Gasteiger partial charge in [0.2, 0.25) is 0 Å². The molecule has 1 aromatic heterocycles. The van der Waals surface area contributed by atoms with E-state index in [0.29, 0.717) is 12.5 Å². The normalized spacial score (nSPS) is 12.7. The summed E-state index contributed by atoms with van der Waals surface area (Å²) in [5.74, 6) is 1.80.